The Hall–Kier alpha value is -3.46. The van der Waals surface area contributed by atoms with Gasteiger partial charge in [-0.15, -0.1) is 0 Å². The third-order valence-electron chi connectivity index (χ3n) is 3.89. The van der Waals surface area contributed by atoms with E-state index in [-0.39, 0.29) is 55.1 Å². The number of ether oxygens (including phenoxy) is 4. The molecule has 0 saturated carbocycles. The number of benzene rings is 1. The van der Waals surface area contributed by atoms with Crippen LogP contribution >= 0.6 is 0 Å². The maximum absolute atomic E-state index is 12.7. The van der Waals surface area contributed by atoms with E-state index in [1.165, 1.54) is 26.8 Å². The van der Waals surface area contributed by atoms with Crippen LogP contribution in [0.2, 0.25) is 0 Å². The SMILES string of the molecule is C=C(C)C(=O)OCCOC(=O)c1cccc(CC(C)O)c1C(=O)OCCOC(=O)C(=C)C. The predicted octanol–water partition coefficient (Wildman–Crippen LogP) is 2.16. The van der Waals surface area contributed by atoms with Crippen LogP contribution in [0.25, 0.3) is 0 Å². The quantitative estimate of drug-likeness (QED) is 0.222. The molecule has 0 fully saturated rings. The number of aliphatic hydroxyl groups is 1. The number of aliphatic hydroxyl groups excluding tert-OH is 1. The highest BCUT2D eigenvalue weighted by atomic mass is 16.6. The minimum Gasteiger partial charge on any atom is -0.459 e. The van der Waals surface area contributed by atoms with Crippen molar-refractivity contribution >= 4 is 23.9 Å². The van der Waals surface area contributed by atoms with Crippen molar-refractivity contribution in [2.45, 2.75) is 33.3 Å². The topological polar surface area (TPSA) is 125 Å². The molecule has 0 spiro atoms. The van der Waals surface area contributed by atoms with E-state index >= 15 is 0 Å². The molecule has 0 aliphatic rings. The standard InChI is InChI=1S/C23H28O9/c1-14(2)20(25)29-9-11-31-22(27)18-8-6-7-17(13-16(5)24)19(18)23(28)32-12-10-30-21(26)15(3)4/h6-8,16,24H,1,3,9-13H2,2,4-5H3. The summed E-state index contributed by atoms with van der Waals surface area (Å²) in [6, 6.07) is 4.50. The number of carbonyl (C=O) groups excluding carboxylic acids is 4. The summed E-state index contributed by atoms with van der Waals surface area (Å²) in [4.78, 5) is 48.0. The molecule has 1 aromatic rings. The van der Waals surface area contributed by atoms with Crippen molar-refractivity contribution in [2.75, 3.05) is 26.4 Å². The fourth-order valence-electron chi connectivity index (χ4n) is 2.43. The minimum absolute atomic E-state index is 0.0661. The fraction of sp³-hybridized carbons (Fsp3) is 0.391. The van der Waals surface area contributed by atoms with Crippen LogP contribution in [0, 0.1) is 0 Å². The van der Waals surface area contributed by atoms with Crippen LogP contribution in [0.4, 0.5) is 0 Å². The highest BCUT2D eigenvalue weighted by Crippen LogP contribution is 2.19. The molecule has 0 aliphatic carbocycles. The molecule has 1 N–H and O–H groups in total. The van der Waals surface area contributed by atoms with Crippen LogP contribution in [0.1, 0.15) is 47.1 Å². The van der Waals surface area contributed by atoms with Crippen molar-refractivity contribution in [3.05, 3.63) is 59.2 Å². The average molecular weight is 448 g/mol. The third kappa shape index (κ3) is 8.73. The summed E-state index contributed by atoms with van der Waals surface area (Å²) >= 11 is 0. The highest BCUT2D eigenvalue weighted by molar-refractivity contribution is 6.04. The molecule has 1 atom stereocenters. The van der Waals surface area contributed by atoms with E-state index in [1.807, 2.05) is 0 Å². The first-order chi connectivity index (χ1) is 15.0. The first kappa shape index (κ1) is 26.6. The normalized spacial score (nSPS) is 11.1. The maximum atomic E-state index is 12.7. The Morgan fingerprint density at radius 1 is 0.844 bits per heavy atom. The van der Waals surface area contributed by atoms with E-state index in [9.17, 15) is 24.3 Å². The summed E-state index contributed by atoms with van der Waals surface area (Å²) in [5, 5.41) is 9.75. The lowest BCUT2D eigenvalue weighted by Gasteiger charge is -2.15. The summed E-state index contributed by atoms with van der Waals surface area (Å²) in [5.74, 6) is -2.90. The molecule has 1 aromatic carbocycles. The number of rotatable bonds is 12. The fourth-order valence-corrected chi connectivity index (χ4v) is 2.43. The predicted molar refractivity (Wildman–Crippen MR) is 114 cm³/mol. The summed E-state index contributed by atoms with van der Waals surface area (Å²) in [7, 11) is 0. The van der Waals surface area contributed by atoms with E-state index in [0.717, 1.165) is 0 Å². The van der Waals surface area contributed by atoms with Crippen LogP contribution in [0.15, 0.2) is 42.5 Å². The van der Waals surface area contributed by atoms with Gasteiger partial charge in [-0.25, -0.2) is 19.2 Å². The number of esters is 4. The Morgan fingerprint density at radius 3 is 1.78 bits per heavy atom. The lowest BCUT2D eigenvalue weighted by atomic mass is 9.97. The molecule has 0 amide bonds. The van der Waals surface area contributed by atoms with Gasteiger partial charge in [0.15, 0.2) is 0 Å². The third-order valence-corrected chi connectivity index (χ3v) is 3.89. The number of hydrogen-bond acceptors (Lipinski definition) is 9. The van der Waals surface area contributed by atoms with Crippen molar-refractivity contribution in [2.24, 2.45) is 0 Å². The molecule has 32 heavy (non-hydrogen) atoms. The van der Waals surface area contributed by atoms with Crippen molar-refractivity contribution in [1.82, 2.24) is 0 Å². The van der Waals surface area contributed by atoms with Gasteiger partial charge in [0, 0.05) is 11.1 Å². The van der Waals surface area contributed by atoms with Crippen molar-refractivity contribution in [3.8, 4) is 0 Å². The zero-order chi connectivity index (χ0) is 24.3. The second-order valence-electron chi connectivity index (χ2n) is 7.00. The van der Waals surface area contributed by atoms with Gasteiger partial charge in [0.25, 0.3) is 0 Å². The van der Waals surface area contributed by atoms with Crippen LogP contribution < -0.4 is 0 Å². The van der Waals surface area contributed by atoms with Gasteiger partial charge in [0.05, 0.1) is 17.2 Å². The van der Waals surface area contributed by atoms with Crippen molar-refractivity contribution < 1.29 is 43.2 Å². The number of carbonyl (C=O) groups is 4. The lowest BCUT2D eigenvalue weighted by Crippen LogP contribution is -2.21. The second kappa shape index (κ2) is 13.1. The van der Waals surface area contributed by atoms with E-state index in [2.05, 4.69) is 13.2 Å². The molecule has 0 heterocycles. The Labute approximate surface area is 186 Å². The Kier molecular flexibility index (Phi) is 10.8. The number of hydrogen-bond donors (Lipinski definition) is 1. The highest BCUT2D eigenvalue weighted by Gasteiger charge is 2.24. The van der Waals surface area contributed by atoms with E-state index in [0.29, 0.717) is 5.56 Å². The maximum Gasteiger partial charge on any atom is 0.339 e. The lowest BCUT2D eigenvalue weighted by molar-refractivity contribution is -0.140. The van der Waals surface area contributed by atoms with Gasteiger partial charge < -0.3 is 24.1 Å². The average Bonchev–Trinajstić information content (AvgIpc) is 2.72. The summed E-state index contributed by atoms with van der Waals surface area (Å²) < 4.78 is 20.0. The van der Waals surface area contributed by atoms with E-state index < -0.39 is 30.0 Å². The second-order valence-corrected chi connectivity index (χ2v) is 7.00. The van der Waals surface area contributed by atoms with Gasteiger partial charge in [-0.1, -0.05) is 25.3 Å². The zero-order valence-electron chi connectivity index (χ0n) is 18.5. The zero-order valence-corrected chi connectivity index (χ0v) is 18.5. The van der Waals surface area contributed by atoms with Gasteiger partial charge in [0.1, 0.15) is 26.4 Å². The molecular weight excluding hydrogens is 420 g/mol. The van der Waals surface area contributed by atoms with Crippen LogP contribution in [-0.4, -0.2) is 61.5 Å². The smallest absolute Gasteiger partial charge is 0.339 e. The first-order valence-electron chi connectivity index (χ1n) is 9.84. The van der Waals surface area contributed by atoms with Crippen molar-refractivity contribution in [1.29, 1.82) is 0 Å². The molecule has 0 aromatic heterocycles. The molecule has 9 heteroatoms. The minimum atomic E-state index is -0.840. The molecule has 0 bridgehead atoms. The van der Waals surface area contributed by atoms with Gasteiger partial charge in [-0.2, -0.15) is 0 Å². The molecule has 0 saturated heterocycles. The van der Waals surface area contributed by atoms with Gasteiger partial charge in [-0.05, 0) is 38.8 Å². The van der Waals surface area contributed by atoms with Gasteiger partial charge >= 0.3 is 23.9 Å². The van der Waals surface area contributed by atoms with E-state index in [4.69, 9.17) is 18.9 Å². The first-order valence-corrected chi connectivity index (χ1v) is 9.84. The molecule has 0 radical (unpaired) electrons. The largest absolute Gasteiger partial charge is 0.459 e. The summed E-state index contributed by atoms with van der Waals surface area (Å²) in [5.41, 5.74) is 0.660. The van der Waals surface area contributed by atoms with Crippen molar-refractivity contribution in [3.63, 3.8) is 0 Å². The van der Waals surface area contributed by atoms with Crippen LogP contribution in [-0.2, 0) is 35.0 Å². The molecule has 9 nitrogen and oxygen atoms in total. The Balaban J connectivity index is 2.89. The monoisotopic (exact) mass is 448 g/mol. The van der Waals surface area contributed by atoms with Gasteiger partial charge in [-0.3, -0.25) is 0 Å². The summed E-state index contributed by atoms with van der Waals surface area (Å²) in [6.07, 6.45) is -0.697. The molecule has 174 valence electrons. The molecule has 0 aliphatic heterocycles. The Bertz CT molecular complexity index is 883. The molecule has 1 rings (SSSR count). The van der Waals surface area contributed by atoms with Crippen LogP contribution in [0.5, 0.6) is 0 Å². The van der Waals surface area contributed by atoms with Gasteiger partial charge in [0.2, 0.25) is 0 Å². The summed E-state index contributed by atoms with van der Waals surface area (Å²) in [6.45, 7) is 10.5. The Morgan fingerprint density at radius 2 is 1.31 bits per heavy atom. The van der Waals surface area contributed by atoms with E-state index in [1.54, 1.807) is 12.1 Å². The van der Waals surface area contributed by atoms with Crippen LogP contribution in [0.3, 0.4) is 0 Å². The molecule has 1 unspecified atom stereocenters. The molecular formula is C23H28O9.